The summed E-state index contributed by atoms with van der Waals surface area (Å²) in [6.45, 7) is -0.130. The van der Waals surface area contributed by atoms with Crippen molar-refractivity contribution in [1.29, 1.82) is 0 Å². The Morgan fingerprint density at radius 3 is 2.76 bits per heavy atom. The Kier molecular flexibility index (Phi) is 5.53. The number of ether oxygens (including phenoxy) is 1. The van der Waals surface area contributed by atoms with Gasteiger partial charge in [-0.3, -0.25) is 14.2 Å². The van der Waals surface area contributed by atoms with E-state index in [0.717, 1.165) is 25.7 Å². The molecule has 1 aromatic heterocycles. The summed E-state index contributed by atoms with van der Waals surface area (Å²) in [4.78, 5) is 35.5. The van der Waals surface area contributed by atoms with Crippen LogP contribution in [0.25, 0.3) is 11.1 Å². The highest BCUT2D eigenvalue weighted by Gasteiger charge is 2.17. The number of oxazole rings is 1. The highest BCUT2D eigenvalue weighted by molar-refractivity contribution is 5.80. The van der Waals surface area contributed by atoms with E-state index in [0.29, 0.717) is 11.1 Å². The van der Waals surface area contributed by atoms with Crippen molar-refractivity contribution in [3.63, 3.8) is 0 Å². The lowest BCUT2D eigenvalue weighted by Crippen LogP contribution is -2.38. The predicted molar refractivity (Wildman–Crippen MR) is 91.1 cm³/mol. The van der Waals surface area contributed by atoms with Gasteiger partial charge in [-0.2, -0.15) is 0 Å². The first-order valence-electron chi connectivity index (χ1n) is 8.67. The van der Waals surface area contributed by atoms with Crippen molar-refractivity contribution in [1.82, 2.24) is 9.88 Å². The quantitative estimate of drug-likeness (QED) is 0.808. The maximum atomic E-state index is 11.8. The first kappa shape index (κ1) is 17.3. The maximum Gasteiger partial charge on any atom is 0.419 e. The highest BCUT2D eigenvalue weighted by Crippen LogP contribution is 2.17. The van der Waals surface area contributed by atoms with Crippen molar-refractivity contribution in [3.05, 3.63) is 34.8 Å². The molecular weight excluding hydrogens is 324 g/mol. The number of rotatable bonds is 6. The van der Waals surface area contributed by atoms with E-state index in [9.17, 15) is 14.4 Å². The average molecular weight is 346 g/mol. The van der Waals surface area contributed by atoms with Crippen LogP contribution in [0.15, 0.2) is 33.5 Å². The molecule has 1 aliphatic carbocycles. The second-order valence-electron chi connectivity index (χ2n) is 6.30. The molecule has 1 aliphatic rings. The summed E-state index contributed by atoms with van der Waals surface area (Å²) in [6.07, 6.45) is 5.42. The molecule has 1 fully saturated rings. The number of carbonyl (C=O) groups is 2. The molecule has 1 amide bonds. The lowest BCUT2D eigenvalue weighted by molar-refractivity contribution is -0.149. The van der Waals surface area contributed by atoms with Crippen molar-refractivity contribution >= 4 is 23.0 Å². The normalized spacial score (nSPS) is 15.2. The molecule has 0 aliphatic heterocycles. The van der Waals surface area contributed by atoms with Gasteiger partial charge in [-0.15, -0.1) is 0 Å². The van der Waals surface area contributed by atoms with Crippen LogP contribution >= 0.6 is 0 Å². The fourth-order valence-electron chi connectivity index (χ4n) is 3.16. The molecule has 1 heterocycles. The molecule has 1 aromatic carbocycles. The molecule has 0 spiro atoms. The van der Waals surface area contributed by atoms with E-state index < -0.39 is 11.7 Å². The number of carbonyl (C=O) groups excluding carboxylic acids is 2. The Morgan fingerprint density at radius 2 is 1.96 bits per heavy atom. The fraction of sp³-hybridized carbons (Fsp3) is 0.500. The van der Waals surface area contributed by atoms with E-state index in [1.807, 2.05) is 0 Å². The Hall–Kier alpha value is -2.57. The number of aryl methyl sites for hydroxylation is 1. The van der Waals surface area contributed by atoms with E-state index in [1.54, 1.807) is 24.3 Å². The molecule has 0 atom stereocenters. The number of nitrogens with zero attached hydrogens (tertiary/aromatic N) is 1. The molecule has 7 heteroatoms. The zero-order valence-electron chi connectivity index (χ0n) is 14.0. The molecule has 1 N–H and O–H groups in total. The van der Waals surface area contributed by atoms with Gasteiger partial charge in [0.2, 0.25) is 0 Å². The van der Waals surface area contributed by atoms with Gasteiger partial charge in [-0.25, -0.2) is 4.79 Å². The first-order valence-corrected chi connectivity index (χ1v) is 8.67. The number of aromatic nitrogens is 1. The third-order valence-corrected chi connectivity index (χ3v) is 4.45. The largest absolute Gasteiger partial charge is 0.456 e. The van der Waals surface area contributed by atoms with E-state index in [-0.39, 0.29) is 31.5 Å². The summed E-state index contributed by atoms with van der Waals surface area (Å²) in [5, 5.41) is 2.89. The molecule has 0 bridgehead atoms. The fourth-order valence-corrected chi connectivity index (χ4v) is 3.16. The molecule has 0 saturated heterocycles. The summed E-state index contributed by atoms with van der Waals surface area (Å²) in [7, 11) is 0. The number of esters is 1. The maximum absolute atomic E-state index is 11.8. The number of benzene rings is 1. The van der Waals surface area contributed by atoms with Gasteiger partial charge in [0, 0.05) is 12.6 Å². The van der Waals surface area contributed by atoms with Gasteiger partial charge in [-0.05, 0) is 25.0 Å². The third-order valence-electron chi connectivity index (χ3n) is 4.45. The summed E-state index contributed by atoms with van der Waals surface area (Å²) >= 11 is 0. The lowest BCUT2D eigenvalue weighted by Gasteiger charge is -2.22. The van der Waals surface area contributed by atoms with E-state index >= 15 is 0 Å². The Morgan fingerprint density at radius 1 is 1.20 bits per heavy atom. The number of fused-ring (bicyclic) bond motifs is 1. The van der Waals surface area contributed by atoms with Crippen LogP contribution in [0.4, 0.5) is 0 Å². The summed E-state index contributed by atoms with van der Waals surface area (Å²) in [5.74, 6) is -1.30. The zero-order valence-corrected chi connectivity index (χ0v) is 14.0. The summed E-state index contributed by atoms with van der Waals surface area (Å²) < 4.78 is 11.5. The molecule has 2 aromatic rings. The van der Waals surface area contributed by atoms with Crippen molar-refractivity contribution in [2.24, 2.45) is 0 Å². The van der Waals surface area contributed by atoms with Crippen LogP contribution in [-0.2, 0) is 20.9 Å². The van der Waals surface area contributed by atoms with Crippen LogP contribution < -0.4 is 11.1 Å². The Labute approximate surface area is 144 Å². The second kappa shape index (κ2) is 8.00. The van der Waals surface area contributed by atoms with Crippen LogP contribution in [0.3, 0.4) is 0 Å². The van der Waals surface area contributed by atoms with E-state index in [1.165, 1.54) is 11.0 Å². The van der Waals surface area contributed by atoms with Crippen LogP contribution in [0.5, 0.6) is 0 Å². The van der Waals surface area contributed by atoms with Gasteiger partial charge in [0.15, 0.2) is 12.2 Å². The minimum atomic E-state index is -0.518. The van der Waals surface area contributed by atoms with Gasteiger partial charge >= 0.3 is 11.7 Å². The van der Waals surface area contributed by atoms with E-state index in [2.05, 4.69) is 5.32 Å². The minimum absolute atomic E-state index is 0.000142. The van der Waals surface area contributed by atoms with Crippen LogP contribution in [0.1, 0.15) is 38.5 Å². The average Bonchev–Trinajstić information content (AvgIpc) is 2.94. The third kappa shape index (κ3) is 4.49. The second-order valence-corrected chi connectivity index (χ2v) is 6.30. The van der Waals surface area contributed by atoms with Crippen LogP contribution in [-0.4, -0.2) is 29.1 Å². The highest BCUT2D eigenvalue weighted by atomic mass is 16.5. The van der Waals surface area contributed by atoms with Crippen molar-refractivity contribution in [2.45, 2.75) is 51.1 Å². The predicted octanol–water partition coefficient (Wildman–Crippen LogP) is 1.98. The molecule has 7 nitrogen and oxygen atoms in total. The van der Waals surface area contributed by atoms with Gasteiger partial charge in [0.25, 0.3) is 5.91 Å². The molecule has 0 unspecified atom stereocenters. The number of para-hydroxylation sites is 2. The van der Waals surface area contributed by atoms with Crippen LogP contribution in [0.2, 0.25) is 0 Å². The molecule has 3 rings (SSSR count). The smallest absolute Gasteiger partial charge is 0.419 e. The molecule has 134 valence electrons. The molecule has 0 radical (unpaired) electrons. The van der Waals surface area contributed by atoms with Gasteiger partial charge in [0.1, 0.15) is 0 Å². The van der Waals surface area contributed by atoms with Crippen molar-refractivity contribution in [2.75, 3.05) is 6.61 Å². The van der Waals surface area contributed by atoms with Gasteiger partial charge in [0.05, 0.1) is 11.9 Å². The number of hydrogen-bond acceptors (Lipinski definition) is 5. The van der Waals surface area contributed by atoms with Crippen molar-refractivity contribution < 1.29 is 18.7 Å². The standard InChI is InChI=1S/C18H22N2O5/c21-16(19-13-6-2-1-3-7-13)12-24-17(22)10-11-20-14-8-4-5-9-15(14)25-18(20)23/h4-5,8-9,13H,1-3,6-7,10-12H2,(H,19,21). The monoisotopic (exact) mass is 346 g/mol. The Balaban J connectivity index is 1.45. The topological polar surface area (TPSA) is 90.5 Å². The molecular formula is C18H22N2O5. The Bertz CT molecular complexity index is 801. The number of hydrogen-bond donors (Lipinski definition) is 1. The first-order chi connectivity index (χ1) is 12.1. The van der Waals surface area contributed by atoms with Crippen molar-refractivity contribution in [3.8, 4) is 0 Å². The number of amides is 1. The zero-order chi connectivity index (χ0) is 17.6. The minimum Gasteiger partial charge on any atom is -0.456 e. The molecule has 1 saturated carbocycles. The number of nitrogens with one attached hydrogen (secondary N) is 1. The SMILES string of the molecule is O=C(COC(=O)CCn1c(=O)oc2ccccc21)NC1CCCCC1. The molecule has 25 heavy (non-hydrogen) atoms. The lowest BCUT2D eigenvalue weighted by atomic mass is 9.95. The van der Waals surface area contributed by atoms with Crippen LogP contribution in [0, 0.1) is 0 Å². The van der Waals surface area contributed by atoms with E-state index in [4.69, 9.17) is 9.15 Å². The summed E-state index contributed by atoms with van der Waals surface area (Å²) in [5.41, 5.74) is 1.11. The summed E-state index contributed by atoms with van der Waals surface area (Å²) in [6, 6.07) is 7.21. The van der Waals surface area contributed by atoms with Gasteiger partial charge in [-0.1, -0.05) is 31.4 Å². The van der Waals surface area contributed by atoms with Gasteiger partial charge < -0.3 is 14.5 Å².